The summed E-state index contributed by atoms with van der Waals surface area (Å²) in [7, 11) is 1.64. The van der Waals surface area contributed by atoms with Gasteiger partial charge in [-0.05, 0) is 92.0 Å². The van der Waals surface area contributed by atoms with Crippen molar-refractivity contribution in [3.8, 4) is 17.1 Å². The van der Waals surface area contributed by atoms with Crippen LogP contribution < -0.4 is 10.1 Å². The second kappa shape index (κ2) is 6.67. The molecule has 7 rings (SSSR count). The van der Waals surface area contributed by atoms with Crippen molar-refractivity contribution >= 4 is 5.91 Å². The highest BCUT2D eigenvalue weighted by atomic mass is 16.5. The molecule has 0 aliphatic heterocycles. The Kier molecular flexibility index (Phi) is 4.00. The van der Waals surface area contributed by atoms with E-state index >= 15 is 0 Å². The standard InChI is InChI=1S/C23H25N5O3/c1-30-18-4-2-17(3-5-18)19-6-7-20(31-19)21(29)26-22-9-15-8-16(10-22)12-23(11-15,13-22)28-25-14-24-27-28/h2-7,14-16H,8-13H2,1H3,(H,26,29). The summed E-state index contributed by atoms with van der Waals surface area (Å²) < 4.78 is 11.1. The Labute approximate surface area is 180 Å². The van der Waals surface area contributed by atoms with Gasteiger partial charge in [0.1, 0.15) is 11.5 Å². The number of hydrogen-bond acceptors (Lipinski definition) is 6. The number of methoxy groups -OCH3 is 1. The molecule has 3 aromatic rings. The number of hydrogen-bond donors (Lipinski definition) is 1. The van der Waals surface area contributed by atoms with E-state index < -0.39 is 0 Å². The molecule has 8 nitrogen and oxygen atoms in total. The summed E-state index contributed by atoms with van der Waals surface area (Å²) in [5, 5.41) is 15.9. The average Bonchev–Trinajstić information content (AvgIpc) is 3.45. The van der Waals surface area contributed by atoms with E-state index in [1.165, 1.54) is 12.7 Å². The molecule has 4 fully saturated rings. The van der Waals surface area contributed by atoms with E-state index in [-0.39, 0.29) is 17.0 Å². The molecule has 8 heteroatoms. The largest absolute Gasteiger partial charge is 0.497 e. The fourth-order valence-electron chi connectivity index (χ4n) is 6.65. The van der Waals surface area contributed by atoms with Crippen LogP contribution in [0, 0.1) is 11.8 Å². The number of carbonyl (C=O) groups is 1. The van der Waals surface area contributed by atoms with Crippen molar-refractivity contribution in [3.05, 3.63) is 48.5 Å². The van der Waals surface area contributed by atoms with Crippen molar-refractivity contribution in [1.29, 1.82) is 0 Å². The topological polar surface area (TPSA) is 95.1 Å². The lowest BCUT2D eigenvalue weighted by atomic mass is 9.50. The van der Waals surface area contributed by atoms with Crippen LogP contribution in [0.25, 0.3) is 11.3 Å². The van der Waals surface area contributed by atoms with Gasteiger partial charge in [0.05, 0.1) is 12.6 Å². The van der Waals surface area contributed by atoms with E-state index in [4.69, 9.17) is 9.15 Å². The van der Waals surface area contributed by atoms with Gasteiger partial charge in [-0.25, -0.2) is 0 Å². The molecule has 31 heavy (non-hydrogen) atoms. The third-order valence-corrected chi connectivity index (χ3v) is 7.39. The number of nitrogens with one attached hydrogen (secondary N) is 1. The molecule has 2 atom stereocenters. The second-order valence-electron chi connectivity index (χ2n) is 9.54. The number of ether oxygens (including phenoxy) is 1. The summed E-state index contributed by atoms with van der Waals surface area (Å²) in [5.74, 6) is 2.81. The quantitative estimate of drug-likeness (QED) is 0.681. The molecule has 0 radical (unpaired) electrons. The molecule has 1 N–H and O–H groups in total. The highest BCUT2D eigenvalue weighted by molar-refractivity contribution is 5.92. The molecule has 1 aromatic carbocycles. The van der Waals surface area contributed by atoms with Crippen LogP contribution in [0.1, 0.15) is 49.1 Å². The number of nitrogens with zero attached hydrogens (tertiary/aromatic N) is 4. The number of carbonyl (C=O) groups excluding carboxylic acids is 1. The summed E-state index contributed by atoms with van der Waals surface area (Å²) in [4.78, 5) is 15.0. The Hall–Kier alpha value is -3.16. The molecule has 0 saturated heterocycles. The first kappa shape index (κ1) is 18.6. The van der Waals surface area contributed by atoms with Gasteiger partial charge in [0.25, 0.3) is 5.91 Å². The molecule has 2 heterocycles. The molecule has 0 spiro atoms. The molecular weight excluding hydrogens is 394 g/mol. The van der Waals surface area contributed by atoms with Crippen LogP contribution in [0.4, 0.5) is 0 Å². The molecule has 160 valence electrons. The molecule has 1 amide bonds. The Bertz CT molecular complexity index is 1090. The van der Waals surface area contributed by atoms with Gasteiger partial charge in [0, 0.05) is 11.1 Å². The van der Waals surface area contributed by atoms with Crippen LogP contribution in [0.15, 0.2) is 47.1 Å². The predicted molar refractivity (Wildman–Crippen MR) is 111 cm³/mol. The van der Waals surface area contributed by atoms with Gasteiger partial charge >= 0.3 is 0 Å². The summed E-state index contributed by atoms with van der Waals surface area (Å²) in [5.41, 5.74) is 0.540. The zero-order valence-corrected chi connectivity index (χ0v) is 17.5. The third-order valence-electron chi connectivity index (χ3n) is 7.39. The maximum absolute atomic E-state index is 13.2. The first-order valence-electron chi connectivity index (χ1n) is 10.9. The molecule has 4 saturated carbocycles. The number of amides is 1. The van der Waals surface area contributed by atoms with Gasteiger partial charge in [-0.3, -0.25) is 4.79 Å². The molecule has 2 aromatic heterocycles. The summed E-state index contributed by atoms with van der Waals surface area (Å²) >= 11 is 0. The minimum absolute atomic E-state index is 0.134. The average molecular weight is 419 g/mol. The first-order valence-corrected chi connectivity index (χ1v) is 10.9. The Morgan fingerprint density at radius 2 is 1.90 bits per heavy atom. The van der Waals surface area contributed by atoms with E-state index in [2.05, 4.69) is 20.7 Å². The van der Waals surface area contributed by atoms with Crippen LogP contribution in [0.3, 0.4) is 0 Å². The summed E-state index contributed by atoms with van der Waals surface area (Å²) in [6.07, 6.45) is 7.75. The van der Waals surface area contributed by atoms with Crippen molar-refractivity contribution < 1.29 is 13.9 Å². The van der Waals surface area contributed by atoms with Gasteiger partial charge in [-0.1, -0.05) is 0 Å². The SMILES string of the molecule is COc1ccc(-c2ccc(C(=O)NC34CC5CC(C3)CC(n3ncnn3)(C5)C4)o2)cc1. The van der Waals surface area contributed by atoms with E-state index in [0.717, 1.165) is 43.4 Å². The lowest BCUT2D eigenvalue weighted by Crippen LogP contribution is -2.66. The van der Waals surface area contributed by atoms with E-state index in [0.29, 0.717) is 23.4 Å². The van der Waals surface area contributed by atoms with Gasteiger partial charge in [-0.2, -0.15) is 4.80 Å². The van der Waals surface area contributed by atoms with Gasteiger partial charge in [-0.15, -0.1) is 10.2 Å². The maximum atomic E-state index is 13.2. The second-order valence-corrected chi connectivity index (χ2v) is 9.54. The number of furan rings is 1. The maximum Gasteiger partial charge on any atom is 0.287 e. The van der Waals surface area contributed by atoms with Crippen molar-refractivity contribution in [1.82, 2.24) is 25.5 Å². The number of rotatable bonds is 5. The first-order chi connectivity index (χ1) is 15.1. The zero-order chi connectivity index (χ0) is 21.1. The highest BCUT2D eigenvalue weighted by Gasteiger charge is 2.60. The Morgan fingerprint density at radius 1 is 1.13 bits per heavy atom. The fourth-order valence-corrected chi connectivity index (χ4v) is 6.65. The zero-order valence-electron chi connectivity index (χ0n) is 17.5. The lowest BCUT2D eigenvalue weighted by Gasteiger charge is -2.61. The van der Waals surface area contributed by atoms with E-state index in [9.17, 15) is 4.79 Å². The predicted octanol–water partition coefficient (Wildman–Crippen LogP) is 3.42. The van der Waals surface area contributed by atoms with Crippen LogP contribution in [-0.4, -0.2) is 38.8 Å². The lowest BCUT2D eigenvalue weighted by molar-refractivity contribution is -0.0812. The number of benzene rings is 1. The number of tetrazole rings is 1. The minimum Gasteiger partial charge on any atom is -0.497 e. The molecule has 4 bridgehead atoms. The molecule has 2 unspecified atom stereocenters. The summed E-state index contributed by atoms with van der Waals surface area (Å²) in [6.45, 7) is 0. The van der Waals surface area contributed by atoms with Crippen LogP contribution in [-0.2, 0) is 5.54 Å². The summed E-state index contributed by atoms with van der Waals surface area (Å²) in [6, 6.07) is 11.2. The molecular formula is C23H25N5O3. The van der Waals surface area contributed by atoms with Gasteiger partial charge < -0.3 is 14.5 Å². The molecule has 4 aliphatic rings. The highest BCUT2D eigenvalue weighted by Crippen LogP contribution is 2.60. The van der Waals surface area contributed by atoms with Crippen molar-refractivity contribution in [2.24, 2.45) is 11.8 Å². The minimum atomic E-state index is -0.234. The van der Waals surface area contributed by atoms with Gasteiger partial charge in [0.15, 0.2) is 12.1 Å². The van der Waals surface area contributed by atoms with Crippen molar-refractivity contribution in [2.45, 2.75) is 49.6 Å². The van der Waals surface area contributed by atoms with Crippen LogP contribution in [0.5, 0.6) is 5.75 Å². The van der Waals surface area contributed by atoms with E-state index in [1.54, 1.807) is 18.0 Å². The Morgan fingerprint density at radius 3 is 2.58 bits per heavy atom. The van der Waals surface area contributed by atoms with E-state index in [1.807, 2.05) is 30.3 Å². The van der Waals surface area contributed by atoms with Crippen LogP contribution in [0.2, 0.25) is 0 Å². The van der Waals surface area contributed by atoms with Crippen molar-refractivity contribution in [3.63, 3.8) is 0 Å². The molecule has 4 aliphatic carbocycles. The van der Waals surface area contributed by atoms with Gasteiger partial charge in [0.2, 0.25) is 0 Å². The third kappa shape index (κ3) is 3.04. The monoisotopic (exact) mass is 419 g/mol. The normalized spacial score (nSPS) is 31.0. The van der Waals surface area contributed by atoms with Crippen LogP contribution >= 0.6 is 0 Å². The Balaban J connectivity index is 1.24. The smallest absolute Gasteiger partial charge is 0.287 e. The fraction of sp³-hybridized carbons (Fsp3) is 0.478. The van der Waals surface area contributed by atoms with Crippen molar-refractivity contribution in [2.75, 3.05) is 7.11 Å². The number of aromatic nitrogens is 4.